The molecule has 3 fully saturated rings. The molecule has 3 aliphatic rings. The Morgan fingerprint density at radius 3 is 2.64 bits per heavy atom. The predicted molar refractivity (Wildman–Crippen MR) is 150 cm³/mol. The fraction of sp³-hybridized carbons (Fsp3) is 0.433. The third kappa shape index (κ3) is 4.75. The average Bonchev–Trinajstić information content (AvgIpc) is 3.56. The van der Waals surface area contributed by atoms with Crippen molar-refractivity contribution >= 4 is 22.8 Å². The van der Waals surface area contributed by atoms with Crippen molar-refractivity contribution in [2.24, 2.45) is 13.0 Å². The molecule has 3 N–H and O–H groups in total. The van der Waals surface area contributed by atoms with Crippen LogP contribution in [-0.2, 0) is 11.8 Å². The number of aliphatic hydroxyl groups is 1. The topological polar surface area (TPSA) is 110 Å². The summed E-state index contributed by atoms with van der Waals surface area (Å²) in [5.74, 6) is 8.22. The minimum atomic E-state index is -0.572. The van der Waals surface area contributed by atoms with Crippen LogP contribution in [0.3, 0.4) is 0 Å². The largest absolute Gasteiger partial charge is 0.488 e. The van der Waals surface area contributed by atoms with Crippen LogP contribution >= 0.6 is 0 Å². The molecule has 9 nitrogen and oxygen atoms in total. The third-order valence-corrected chi connectivity index (χ3v) is 8.26. The summed E-state index contributed by atoms with van der Waals surface area (Å²) in [6, 6.07) is 8.13. The van der Waals surface area contributed by atoms with Gasteiger partial charge in [-0.15, -0.1) is 0 Å². The van der Waals surface area contributed by atoms with Gasteiger partial charge in [0.1, 0.15) is 34.8 Å². The van der Waals surface area contributed by atoms with E-state index in [1.54, 1.807) is 4.90 Å². The monoisotopic (exact) mass is 526 g/mol. The average molecular weight is 527 g/mol. The molecule has 1 amide bonds. The Balaban J connectivity index is 1.22. The van der Waals surface area contributed by atoms with Crippen molar-refractivity contribution in [1.82, 2.24) is 24.3 Å². The van der Waals surface area contributed by atoms with Gasteiger partial charge in [0.2, 0.25) is 5.91 Å². The molecule has 39 heavy (non-hydrogen) atoms. The number of piperidine rings is 1. The highest BCUT2D eigenvalue weighted by molar-refractivity contribution is 6.03. The number of aryl methyl sites for hydroxylation is 1. The highest BCUT2D eigenvalue weighted by atomic mass is 16.5. The molecule has 2 aliphatic heterocycles. The van der Waals surface area contributed by atoms with Crippen LogP contribution in [0.2, 0.25) is 0 Å². The molecular weight excluding hydrogens is 492 g/mol. The molecule has 6 rings (SSSR count). The van der Waals surface area contributed by atoms with Crippen LogP contribution in [0.5, 0.6) is 5.75 Å². The number of hydrogen-bond donors (Lipinski definition) is 2. The molecule has 1 aromatic carbocycles. The first-order valence-corrected chi connectivity index (χ1v) is 13.5. The minimum absolute atomic E-state index is 0.0391. The lowest BCUT2D eigenvalue weighted by Gasteiger charge is -2.47. The Kier molecular flexibility index (Phi) is 6.32. The van der Waals surface area contributed by atoms with E-state index in [1.165, 1.54) is 12.4 Å². The van der Waals surface area contributed by atoms with E-state index < -0.39 is 6.10 Å². The van der Waals surface area contributed by atoms with Gasteiger partial charge >= 0.3 is 0 Å². The molecule has 9 heteroatoms. The number of amides is 1. The third-order valence-electron chi connectivity index (χ3n) is 8.26. The number of carbonyl (C=O) groups is 1. The molecule has 4 heterocycles. The van der Waals surface area contributed by atoms with Gasteiger partial charge in [0.05, 0.1) is 11.5 Å². The van der Waals surface area contributed by atoms with Crippen LogP contribution in [0.15, 0.2) is 43.2 Å². The molecular formula is C30H34N6O3. The summed E-state index contributed by atoms with van der Waals surface area (Å²) in [6.07, 6.45) is 5.12. The summed E-state index contributed by atoms with van der Waals surface area (Å²) in [4.78, 5) is 24.6. The van der Waals surface area contributed by atoms with Gasteiger partial charge in [-0.05, 0) is 55.9 Å². The Labute approximate surface area is 228 Å². The Bertz CT molecular complexity index is 1490. The molecule has 2 aromatic heterocycles. The molecule has 0 radical (unpaired) electrons. The zero-order valence-corrected chi connectivity index (χ0v) is 22.4. The summed E-state index contributed by atoms with van der Waals surface area (Å²) < 4.78 is 8.10. The lowest BCUT2D eigenvalue weighted by atomic mass is 9.91. The van der Waals surface area contributed by atoms with Crippen molar-refractivity contribution in [3.05, 3.63) is 48.9 Å². The van der Waals surface area contributed by atoms with E-state index in [4.69, 9.17) is 10.5 Å². The van der Waals surface area contributed by atoms with Crippen LogP contribution in [0.1, 0.15) is 31.9 Å². The van der Waals surface area contributed by atoms with Crippen LogP contribution in [0, 0.1) is 17.8 Å². The molecule has 0 spiro atoms. The Hall–Kier alpha value is -3.87. The quantitative estimate of drug-likeness (QED) is 0.389. The number of nitrogens with zero attached hydrogens (tertiary/aromatic N) is 5. The highest BCUT2D eigenvalue weighted by Gasteiger charge is 2.40. The molecule has 1 aliphatic carbocycles. The maximum atomic E-state index is 11.9. The lowest BCUT2D eigenvalue weighted by molar-refractivity contribution is -0.132. The fourth-order valence-electron chi connectivity index (χ4n) is 5.67. The van der Waals surface area contributed by atoms with Crippen molar-refractivity contribution in [2.75, 3.05) is 31.9 Å². The zero-order chi connectivity index (χ0) is 27.3. The number of fused-ring (bicyclic) bond motifs is 1. The van der Waals surface area contributed by atoms with Gasteiger partial charge < -0.3 is 25.0 Å². The molecule has 2 saturated heterocycles. The van der Waals surface area contributed by atoms with Gasteiger partial charge in [0.25, 0.3) is 0 Å². The first-order chi connectivity index (χ1) is 18.8. The van der Waals surface area contributed by atoms with Gasteiger partial charge in [-0.1, -0.05) is 24.6 Å². The summed E-state index contributed by atoms with van der Waals surface area (Å²) in [6.45, 7) is 8.22. The van der Waals surface area contributed by atoms with E-state index in [1.807, 2.05) is 35.9 Å². The smallest absolute Gasteiger partial charge is 0.246 e. The zero-order valence-electron chi connectivity index (χ0n) is 22.4. The van der Waals surface area contributed by atoms with E-state index in [-0.39, 0.29) is 23.5 Å². The number of ether oxygens (including phenoxy) is 1. The van der Waals surface area contributed by atoms with Crippen molar-refractivity contribution in [3.8, 4) is 28.7 Å². The molecule has 2 atom stereocenters. The predicted octanol–water partition coefficient (Wildman–Crippen LogP) is 2.58. The van der Waals surface area contributed by atoms with Crippen LogP contribution in [0.4, 0.5) is 5.82 Å². The number of hydrogen-bond acceptors (Lipinski definition) is 7. The van der Waals surface area contributed by atoms with Gasteiger partial charge in [-0.2, -0.15) is 0 Å². The standard InChI is InChI=1S/C30H34N6O3/c1-4-25(38)35-14-11-22(24(37)17-35)36-15-19(16-36)5-10-23-26(27-28(31)32-18-33-29(27)34(23)3)20-6-8-21(9-7-20)39-30(2)12-13-30/h4,6-9,18-19,22,24,37H,1,11-17H2,2-3H3,(H2,31,32,33)/t22-,24+/m1/s1. The molecule has 1 saturated carbocycles. The second kappa shape index (κ2) is 9.70. The maximum Gasteiger partial charge on any atom is 0.246 e. The number of likely N-dealkylation sites (tertiary alicyclic amines) is 2. The number of carbonyl (C=O) groups excluding carboxylic acids is 1. The summed E-state index contributed by atoms with van der Waals surface area (Å²) in [5, 5.41) is 11.5. The van der Waals surface area contributed by atoms with Crippen molar-refractivity contribution in [3.63, 3.8) is 0 Å². The first-order valence-electron chi connectivity index (χ1n) is 13.5. The van der Waals surface area contributed by atoms with Gasteiger partial charge in [-0.25, -0.2) is 9.97 Å². The number of rotatable bonds is 5. The summed E-state index contributed by atoms with van der Waals surface area (Å²) in [7, 11) is 1.95. The van der Waals surface area contributed by atoms with E-state index in [0.717, 1.165) is 66.0 Å². The van der Waals surface area contributed by atoms with Crippen molar-refractivity contribution < 1.29 is 14.6 Å². The van der Waals surface area contributed by atoms with Crippen LogP contribution in [0.25, 0.3) is 22.2 Å². The molecule has 3 aromatic rings. The fourth-order valence-corrected chi connectivity index (χ4v) is 5.67. The SMILES string of the molecule is C=CC(=O)N1CC[C@@H](N2CC(C#Cc3c(-c4ccc(OC5(C)CC5)cc4)c4c(N)ncnc4n3C)C2)[C@@H](O)C1. The lowest BCUT2D eigenvalue weighted by Crippen LogP contribution is -2.61. The second-order valence-corrected chi connectivity index (χ2v) is 11.1. The highest BCUT2D eigenvalue weighted by Crippen LogP contribution is 2.41. The van der Waals surface area contributed by atoms with E-state index in [2.05, 4.69) is 40.2 Å². The molecule has 202 valence electrons. The minimum Gasteiger partial charge on any atom is -0.488 e. The van der Waals surface area contributed by atoms with Gasteiger partial charge in [0.15, 0.2) is 0 Å². The number of aromatic nitrogens is 3. The van der Waals surface area contributed by atoms with E-state index in [0.29, 0.717) is 18.9 Å². The number of benzene rings is 1. The van der Waals surface area contributed by atoms with Crippen molar-refractivity contribution in [2.45, 2.75) is 43.9 Å². The summed E-state index contributed by atoms with van der Waals surface area (Å²) >= 11 is 0. The number of nitrogens with two attached hydrogens (primary N) is 1. The van der Waals surface area contributed by atoms with Crippen LogP contribution < -0.4 is 10.5 Å². The van der Waals surface area contributed by atoms with Gasteiger partial charge in [0, 0.05) is 50.7 Å². The number of β-amino-alcohol motifs (C(OH)–C–C–N with tert-alkyl or cyclic N) is 1. The molecule has 0 unspecified atom stereocenters. The first kappa shape index (κ1) is 25.4. The number of nitrogen functional groups attached to an aromatic ring is 1. The second-order valence-electron chi connectivity index (χ2n) is 11.1. The summed E-state index contributed by atoms with van der Waals surface area (Å²) in [5.41, 5.74) is 9.80. The Morgan fingerprint density at radius 2 is 1.97 bits per heavy atom. The van der Waals surface area contributed by atoms with E-state index >= 15 is 0 Å². The number of anilines is 1. The normalized spacial score (nSPS) is 22.6. The van der Waals surface area contributed by atoms with E-state index in [9.17, 15) is 9.90 Å². The molecule has 0 bridgehead atoms. The number of aliphatic hydroxyl groups excluding tert-OH is 1. The van der Waals surface area contributed by atoms with Crippen molar-refractivity contribution in [1.29, 1.82) is 0 Å². The van der Waals surface area contributed by atoms with Crippen LogP contribution in [-0.4, -0.2) is 79.3 Å². The Morgan fingerprint density at radius 1 is 1.23 bits per heavy atom. The van der Waals surface area contributed by atoms with Gasteiger partial charge in [-0.3, -0.25) is 9.69 Å². The maximum absolute atomic E-state index is 11.9.